The highest BCUT2D eigenvalue weighted by Crippen LogP contribution is 2.35. The lowest BCUT2D eigenvalue weighted by Gasteiger charge is -2.25. The van der Waals surface area contributed by atoms with Gasteiger partial charge in [-0.3, -0.25) is 14.4 Å². The number of carbonyl (C=O) groups excluding carboxylic acids is 2. The summed E-state index contributed by atoms with van der Waals surface area (Å²) in [5, 5.41) is 11.9. The Bertz CT molecular complexity index is 2120. The maximum absolute atomic E-state index is 13.3. The number of benzene rings is 4. The van der Waals surface area contributed by atoms with Crippen LogP contribution in [0, 0.1) is 5.92 Å². The fraction of sp³-hybridized carbons (Fsp3) is 0.205. The normalized spacial score (nSPS) is 12.5. The molecule has 2 atom stereocenters. The third-order valence-corrected chi connectivity index (χ3v) is 10.5. The van der Waals surface area contributed by atoms with Crippen molar-refractivity contribution in [2.24, 2.45) is 5.92 Å². The zero-order chi connectivity index (χ0) is 37.5. The molecule has 53 heavy (non-hydrogen) atoms. The Morgan fingerprint density at radius 2 is 1.26 bits per heavy atom. The van der Waals surface area contributed by atoms with Gasteiger partial charge in [-0.15, -0.1) is 11.3 Å². The molecule has 0 unspecified atom stereocenters. The van der Waals surface area contributed by atoms with Crippen molar-refractivity contribution < 1.29 is 19.5 Å². The fourth-order valence-corrected chi connectivity index (χ4v) is 6.98. The quantitative estimate of drug-likeness (QED) is 0.114. The predicted octanol–water partition coefficient (Wildman–Crippen LogP) is 9.66. The average molecular weight is 723 g/mol. The van der Waals surface area contributed by atoms with Crippen LogP contribution in [0.2, 0.25) is 0 Å². The molecule has 2 heterocycles. The smallest absolute Gasteiger partial charge is 0.325 e. The Morgan fingerprint density at radius 1 is 0.717 bits per heavy atom. The third kappa shape index (κ3) is 9.12. The zero-order valence-electron chi connectivity index (χ0n) is 30.2. The fourth-order valence-electron chi connectivity index (χ4n) is 5.97. The van der Waals surface area contributed by atoms with Crippen molar-refractivity contribution in [2.75, 3.05) is 4.90 Å². The van der Waals surface area contributed by atoms with Gasteiger partial charge in [0, 0.05) is 57.8 Å². The van der Waals surface area contributed by atoms with Crippen molar-refractivity contribution in [1.82, 2.24) is 15.3 Å². The van der Waals surface area contributed by atoms with Crippen molar-refractivity contribution in [3.05, 3.63) is 149 Å². The van der Waals surface area contributed by atoms with Gasteiger partial charge in [-0.2, -0.15) is 0 Å². The van der Waals surface area contributed by atoms with Crippen molar-refractivity contribution in [3.63, 3.8) is 0 Å². The third-order valence-electron chi connectivity index (χ3n) is 8.99. The second-order valence-corrected chi connectivity index (χ2v) is 15.1. The number of aromatic nitrogens is 2. The maximum atomic E-state index is 13.3. The number of carboxylic acids is 1. The average Bonchev–Trinajstić information content (AvgIpc) is 3.68. The molecule has 0 saturated carbocycles. The first-order chi connectivity index (χ1) is 25.5. The monoisotopic (exact) mass is 722 g/mol. The summed E-state index contributed by atoms with van der Waals surface area (Å²) in [5.41, 5.74) is 6.59. The molecule has 0 spiro atoms. The number of Topliss-reactive ketones (excluding diaryl/α,β-unsaturated/α-hetero) is 1. The van der Waals surface area contributed by atoms with Gasteiger partial charge >= 0.3 is 5.97 Å². The highest BCUT2D eigenvalue weighted by molar-refractivity contribution is 7.14. The number of para-hydroxylation sites is 2. The van der Waals surface area contributed by atoms with Gasteiger partial charge in [-0.1, -0.05) is 93.6 Å². The lowest BCUT2D eigenvalue weighted by molar-refractivity contribution is -0.141. The first kappa shape index (κ1) is 36.8. The molecule has 0 aliphatic carbocycles. The zero-order valence-corrected chi connectivity index (χ0v) is 31.0. The lowest BCUT2D eigenvalue weighted by atomic mass is 9.92. The van der Waals surface area contributed by atoms with Gasteiger partial charge in [0.1, 0.15) is 6.04 Å². The van der Waals surface area contributed by atoms with Crippen molar-refractivity contribution >= 4 is 46.1 Å². The molecule has 0 radical (unpaired) electrons. The minimum atomic E-state index is -1.14. The first-order valence-corrected chi connectivity index (χ1v) is 18.4. The van der Waals surface area contributed by atoms with Gasteiger partial charge in [0.15, 0.2) is 11.6 Å². The van der Waals surface area contributed by atoms with E-state index in [1.165, 1.54) is 18.3 Å². The van der Waals surface area contributed by atoms with Crippen LogP contribution in [0.4, 0.5) is 17.1 Å². The summed E-state index contributed by atoms with van der Waals surface area (Å²) >= 11 is 1.43. The van der Waals surface area contributed by atoms with Gasteiger partial charge in [0.05, 0.1) is 4.88 Å². The summed E-state index contributed by atoms with van der Waals surface area (Å²) in [5.74, 6) is -1.93. The second kappa shape index (κ2) is 16.2. The molecule has 2 aromatic heterocycles. The highest BCUT2D eigenvalue weighted by Gasteiger charge is 2.27. The number of aliphatic carboxylic acids is 1. The molecule has 4 aromatic carbocycles. The van der Waals surface area contributed by atoms with Gasteiger partial charge in [-0.25, -0.2) is 9.97 Å². The summed E-state index contributed by atoms with van der Waals surface area (Å²) in [6.07, 6.45) is 3.85. The number of amides is 1. The second-order valence-electron chi connectivity index (χ2n) is 14.1. The van der Waals surface area contributed by atoms with Crippen LogP contribution in [-0.2, 0) is 21.4 Å². The van der Waals surface area contributed by atoms with Crippen LogP contribution in [0.15, 0.2) is 134 Å². The molecule has 0 aliphatic heterocycles. The number of hydrogen-bond acceptors (Lipinski definition) is 7. The molecule has 268 valence electrons. The summed E-state index contributed by atoms with van der Waals surface area (Å²) in [6, 6.07) is 39.1. The lowest BCUT2D eigenvalue weighted by Crippen LogP contribution is -2.42. The number of nitrogens with zero attached hydrogens (tertiary/aromatic N) is 3. The van der Waals surface area contributed by atoms with Crippen LogP contribution in [0.25, 0.3) is 22.5 Å². The largest absolute Gasteiger partial charge is 0.480 e. The Hall–Kier alpha value is -5.93. The molecule has 0 bridgehead atoms. The highest BCUT2D eigenvalue weighted by atomic mass is 32.1. The number of nitrogens with one attached hydrogen (secondary N) is 1. The summed E-state index contributed by atoms with van der Waals surface area (Å²) in [4.78, 5) is 51.3. The van der Waals surface area contributed by atoms with Gasteiger partial charge in [0.25, 0.3) is 0 Å². The molecule has 0 aliphatic rings. The number of hydrogen-bond donors (Lipinski definition) is 2. The summed E-state index contributed by atoms with van der Waals surface area (Å²) < 4.78 is 0. The number of anilines is 3. The van der Waals surface area contributed by atoms with E-state index >= 15 is 0 Å². The van der Waals surface area contributed by atoms with E-state index in [9.17, 15) is 19.5 Å². The minimum absolute atomic E-state index is 0.0356. The first-order valence-electron chi connectivity index (χ1n) is 17.5. The van der Waals surface area contributed by atoms with E-state index in [1.54, 1.807) is 0 Å². The minimum Gasteiger partial charge on any atom is -0.480 e. The molecule has 0 fully saturated rings. The number of thiophene rings is 1. The van der Waals surface area contributed by atoms with E-state index in [-0.39, 0.29) is 24.0 Å². The maximum Gasteiger partial charge on any atom is 0.325 e. The molecular weight excluding hydrogens is 681 g/mol. The Morgan fingerprint density at radius 3 is 1.79 bits per heavy atom. The number of ketones is 1. The van der Waals surface area contributed by atoms with Crippen LogP contribution in [0.1, 0.15) is 54.2 Å². The van der Waals surface area contributed by atoms with Crippen LogP contribution in [0.5, 0.6) is 0 Å². The van der Waals surface area contributed by atoms with Crippen LogP contribution >= 0.6 is 11.3 Å². The number of rotatable bonds is 13. The molecule has 6 rings (SSSR count). The molecule has 8 nitrogen and oxygen atoms in total. The van der Waals surface area contributed by atoms with E-state index in [1.807, 2.05) is 85.2 Å². The van der Waals surface area contributed by atoms with E-state index in [2.05, 4.69) is 89.5 Å². The topological polar surface area (TPSA) is 112 Å². The Balaban J connectivity index is 1.15. The van der Waals surface area contributed by atoms with E-state index < -0.39 is 23.8 Å². The van der Waals surface area contributed by atoms with Crippen molar-refractivity contribution in [1.29, 1.82) is 0 Å². The number of carbonyl (C=O) groups is 3. The standard InChI is InChI=1S/C44H42N4O4S/c1-29(43(51)52)47-42(50)33(26-38(49)39-23-24-40(53-39)44(2,3)4)25-30-15-17-32(18-16-30)41-45-27-34(28-46-41)31-19-21-37(22-20-31)48(35-11-7-5-8-12-35)36-13-9-6-10-14-36/h5-24,27-29,33H,25-26H2,1-4H3,(H,47,50)(H,51,52)/t29-,33-/m1/s1. The van der Waals surface area contributed by atoms with Crippen LogP contribution < -0.4 is 10.2 Å². The van der Waals surface area contributed by atoms with Crippen molar-refractivity contribution in [2.45, 2.75) is 52.0 Å². The van der Waals surface area contributed by atoms with Crippen LogP contribution in [0.3, 0.4) is 0 Å². The van der Waals surface area contributed by atoms with E-state index in [4.69, 9.17) is 0 Å². The number of carboxylic acid groups (broad SMARTS) is 1. The van der Waals surface area contributed by atoms with E-state index in [0.717, 1.165) is 44.2 Å². The molecule has 9 heteroatoms. The van der Waals surface area contributed by atoms with Gasteiger partial charge in [-0.05, 0) is 78.4 Å². The van der Waals surface area contributed by atoms with Gasteiger partial charge < -0.3 is 15.3 Å². The molecule has 0 saturated heterocycles. The van der Waals surface area contributed by atoms with E-state index in [0.29, 0.717) is 10.7 Å². The summed E-state index contributed by atoms with van der Waals surface area (Å²) in [6.45, 7) is 7.68. The Kier molecular flexibility index (Phi) is 11.2. The molecular formula is C44H42N4O4S. The molecule has 6 aromatic rings. The Labute approximate surface area is 314 Å². The predicted molar refractivity (Wildman–Crippen MR) is 212 cm³/mol. The summed E-state index contributed by atoms with van der Waals surface area (Å²) in [7, 11) is 0. The van der Waals surface area contributed by atoms with Crippen LogP contribution in [-0.4, -0.2) is 38.8 Å². The molecule has 2 N–H and O–H groups in total. The van der Waals surface area contributed by atoms with Gasteiger partial charge in [0.2, 0.25) is 5.91 Å². The SMILES string of the molecule is C[C@@H](NC(=O)[C@@H](CC(=O)c1ccc(C(C)(C)C)s1)Cc1ccc(-c2ncc(-c3ccc(N(c4ccccc4)c4ccccc4)cc3)cn2)cc1)C(=O)O. The van der Waals surface area contributed by atoms with Crippen molar-refractivity contribution in [3.8, 4) is 22.5 Å². The molecule has 1 amide bonds.